The summed E-state index contributed by atoms with van der Waals surface area (Å²) in [5.74, 6) is -0.739. The molecule has 0 aliphatic rings. The number of aromatic nitrogens is 1. The number of hydrogen-bond donors (Lipinski definition) is 1. The van der Waals surface area contributed by atoms with Gasteiger partial charge in [-0.05, 0) is 24.3 Å². The van der Waals surface area contributed by atoms with Crippen LogP contribution in [0.5, 0.6) is 5.75 Å². The van der Waals surface area contributed by atoms with Crippen LogP contribution in [-0.4, -0.2) is 25.5 Å². The van der Waals surface area contributed by atoms with E-state index in [1.54, 1.807) is 24.4 Å². The van der Waals surface area contributed by atoms with Gasteiger partial charge in [0.2, 0.25) is 10.0 Å². The van der Waals surface area contributed by atoms with Crippen molar-refractivity contribution < 1.29 is 26.3 Å². The average Bonchev–Trinajstić information content (AvgIpc) is 2.44. The summed E-state index contributed by atoms with van der Waals surface area (Å²) < 4.78 is 66.3. The number of pyridine rings is 1. The molecule has 1 N–H and O–H groups in total. The Kier molecular flexibility index (Phi) is 5.09. The Morgan fingerprint density at radius 3 is 2.57 bits per heavy atom. The summed E-state index contributed by atoms with van der Waals surface area (Å²) in [4.78, 5) is 4.01. The van der Waals surface area contributed by atoms with Crippen LogP contribution in [0.25, 0.3) is 0 Å². The van der Waals surface area contributed by atoms with Crippen molar-refractivity contribution in [3.8, 4) is 5.75 Å². The fraction of sp³-hybridized carbons (Fsp3) is 0.214. The minimum atomic E-state index is -4.84. The summed E-state index contributed by atoms with van der Waals surface area (Å²) in [6.07, 6.45) is -3.10. The van der Waals surface area contributed by atoms with E-state index in [4.69, 9.17) is 0 Å². The molecule has 0 aliphatic heterocycles. The maximum Gasteiger partial charge on any atom is 0.573 e. The van der Waals surface area contributed by atoms with Crippen LogP contribution >= 0.6 is 0 Å². The smallest absolute Gasteiger partial charge is 0.406 e. The lowest BCUT2D eigenvalue weighted by atomic mass is 10.3. The lowest BCUT2D eigenvalue weighted by Crippen LogP contribution is -2.19. The summed E-state index contributed by atoms with van der Waals surface area (Å²) in [6, 6.07) is 9.78. The number of ether oxygens (including phenoxy) is 1. The average molecular weight is 346 g/mol. The van der Waals surface area contributed by atoms with Gasteiger partial charge in [-0.2, -0.15) is 0 Å². The molecule has 0 amide bonds. The molecule has 0 spiro atoms. The van der Waals surface area contributed by atoms with Crippen LogP contribution in [0.15, 0.2) is 48.7 Å². The first kappa shape index (κ1) is 17.1. The predicted octanol–water partition coefficient (Wildman–Crippen LogP) is 2.96. The fourth-order valence-electron chi connectivity index (χ4n) is 1.77. The van der Waals surface area contributed by atoms with Crippen LogP contribution in [0, 0.1) is 0 Å². The predicted molar refractivity (Wildman–Crippen MR) is 78.5 cm³/mol. The molecule has 23 heavy (non-hydrogen) atoms. The molecule has 0 radical (unpaired) electrons. The Bertz CT molecular complexity index is 749. The molecular formula is C14H13F3N2O3S. The van der Waals surface area contributed by atoms with E-state index < -0.39 is 22.1 Å². The molecule has 0 saturated carbocycles. The molecule has 1 aromatic carbocycles. The summed E-state index contributed by atoms with van der Waals surface area (Å²) in [5.41, 5.74) is 0.597. The van der Waals surface area contributed by atoms with Crippen molar-refractivity contribution in [2.45, 2.75) is 12.8 Å². The molecule has 0 fully saturated rings. The molecule has 5 nitrogen and oxygen atoms in total. The van der Waals surface area contributed by atoms with Crippen LogP contribution in [-0.2, 0) is 16.4 Å². The van der Waals surface area contributed by atoms with E-state index in [0.717, 1.165) is 12.1 Å². The number of nitrogens with one attached hydrogen (secondary N) is 1. The minimum Gasteiger partial charge on any atom is -0.406 e. The molecule has 2 rings (SSSR count). The highest BCUT2D eigenvalue weighted by Crippen LogP contribution is 2.25. The number of benzene rings is 1. The van der Waals surface area contributed by atoms with Crippen LogP contribution < -0.4 is 9.46 Å². The zero-order valence-electron chi connectivity index (χ0n) is 11.7. The molecule has 2 aromatic rings. The summed E-state index contributed by atoms with van der Waals surface area (Å²) in [5, 5.41) is 0. The summed E-state index contributed by atoms with van der Waals surface area (Å²) in [6.45, 7) is 0. The molecule has 0 bridgehead atoms. The first-order valence-electron chi connectivity index (χ1n) is 6.50. The molecular weight excluding hydrogens is 333 g/mol. The third-order valence-corrected chi connectivity index (χ3v) is 3.98. The Balaban J connectivity index is 2.01. The second-order valence-electron chi connectivity index (χ2n) is 4.57. The zero-order valence-corrected chi connectivity index (χ0v) is 12.6. The molecule has 0 saturated heterocycles. The van der Waals surface area contributed by atoms with Gasteiger partial charge in [0.25, 0.3) is 0 Å². The minimum absolute atomic E-state index is 0.00669. The SMILES string of the molecule is O=S(=O)(CCc1ccccn1)Nc1cccc(OC(F)(F)F)c1. The maximum atomic E-state index is 12.2. The van der Waals surface area contributed by atoms with Crippen molar-refractivity contribution in [1.29, 1.82) is 0 Å². The van der Waals surface area contributed by atoms with Crippen LogP contribution in [0.3, 0.4) is 0 Å². The Labute approximate surface area is 131 Å². The quantitative estimate of drug-likeness (QED) is 0.873. The number of aryl methyl sites for hydroxylation is 1. The lowest BCUT2D eigenvalue weighted by molar-refractivity contribution is -0.274. The van der Waals surface area contributed by atoms with Gasteiger partial charge in [-0.3, -0.25) is 9.71 Å². The van der Waals surface area contributed by atoms with E-state index in [2.05, 4.69) is 14.4 Å². The third kappa shape index (κ3) is 6.15. The van der Waals surface area contributed by atoms with Crippen LogP contribution in [0.1, 0.15) is 5.69 Å². The number of anilines is 1. The highest BCUT2D eigenvalue weighted by molar-refractivity contribution is 7.92. The highest BCUT2D eigenvalue weighted by Gasteiger charge is 2.31. The van der Waals surface area contributed by atoms with Crippen LogP contribution in [0.4, 0.5) is 18.9 Å². The van der Waals surface area contributed by atoms with E-state index in [1.165, 1.54) is 12.1 Å². The standard InChI is InChI=1S/C14H13F3N2O3S/c15-14(16,17)22-13-6-3-5-12(10-13)19-23(20,21)9-7-11-4-1-2-8-18-11/h1-6,8,10,19H,7,9H2. The van der Waals surface area contributed by atoms with Crippen molar-refractivity contribution in [2.75, 3.05) is 10.5 Å². The fourth-order valence-corrected chi connectivity index (χ4v) is 2.84. The molecule has 9 heteroatoms. The number of nitrogens with zero attached hydrogens (tertiary/aromatic N) is 1. The van der Waals surface area contributed by atoms with Gasteiger partial charge in [0.05, 0.1) is 11.4 Å². The van der Waals surface area contributed by atoms with Gasteiger partial charge in [0, 0.05) is 24.4 Å². The van der Waals surface area contributed by atoms with E-state index in [0.29, 0.717) is 5.69 Å². The second-order valence-corrected chi connectivity index (χ2v) is 6.41. The van der Waals surface area contributed by atoms with Gasteiger partial charge in [0.15, 0.2) is 0 Å². The third-order valence-electron chi connectivity index (χ3n) is 2.69. The van der Waals surface area contributed by atoms with Crippen molar-refractivity contribution in [1.82, 2.24) is 4.98 Å². The molecule has 0 atom stereocenters. The van der Waals surface area contributed by atoms with Gasteiger partial charge in [-0.25, -0.2) is 8.42 Å². The van der Waals surface area contributed by atoms with E-state index >= 15 is 0 Å². The maximum absolute atomic E-state index is 12.2. The van der Waals surface area contributed by atoms with E-state index in [-0.39, 0.29) is 17.9 Å². The molecule has 1 aromatic heterocycles. The molecule has 0 aliphatic carbocycles. The van der Waals surface area contributed by atoms with Gasteiger partial charge >= 0.3 is 6.36 Å². The Morgan fingerprint density at radius 1 is 1.13 bits per heavy atom. The van der Waals surface area contributed by atoms with E-state index in [1.807, 2.05) is 0 Å². The number of alkyl halides is 3. The monoisotopic (exact) mass is 346 g/mol. The van der Waals surface area contributed by atoms with E-state index in [9.17, 15) is 21.6 Å². The van der Waals surface area contributed by atoms with Crippen molar-refractivity contribution in [2.24, 2.45) is 0 Å². The summed E-state index contributed by atoms with van der Waals surface area (Å²) in [7, 11) is -3.72. The number of hydrogen-bond acceptors (Lipinski definition) is 4. The Morgan fingerprint density at radius 2 is 1.91 bits per heavy atom. The number of rotatable bonds is 6. The summed E-state index contributed by atoms with van der Waals surface area (Å²) >= 11 is 0. The van der Waals surface area contributed by atoms with Crippen molar-refractivity contribution in [3.63, 3.8) is 0 Å². The first-order chi connectivity index (χ1) is 10.7. The van der Waals surface area contributed by atoms with Crippen molar-refractivity contribution >= 4 is 15.7 Å². The normalized spacial score (nSPS) is 12.0. The molecule has 124 valence electrons. The largest absolute Gasteiger partial charge is 0.573 e. The van der Waals surface area contributed by atoms with Gasteiger partial charge < -0.3 is 4.74 Å². The molecule has 1 heterocycles. The first-order valence-corrected chi connectivity index (χ1v) is 8.15. The van der Waals surface area contributed by atoms with Gasteiger partial charge in [-0.15, -0.1) is 13.2 Å². The van der Waals surface area contributed by atoms with Gasteiger partial charge in [0.1, 0.15) is 5.75 Å². The van der Waals surface area contributed by atoms with Crippen molar-refractivity contribution in [3.05, 3.63) is 54.4 Å². The highest BCUT2D eigenvalue weighted by atomic mass is 32.2. The lowest BCUT2D eigenvalue weighted by Gasteiger charge is -2.11. The topological polar surface area (TPSA) is 68.3 Å². The van der Waals surface area contributed by atoms with Gasteiger partial charge in [-0.1, -0.05) is 12.1 Å². The second kappa shape index (κ2) is 6.86. The number of halogens is 3. The Hall–Kier alpha value is -2.29. The zero-order chi connectivity index (χ0) is 16.9. The molecule has 0 unspecified atom stereocenters. The number of sulfonamides is 1. The van der Waals surface area contributed by atoms with Crippen LogP contribution in [0.2, 0.25) is 0 Å².